The Labute approximate surface area is 124 Å². The molecule has 1 atom stereocenters. The molecule has 0 heterocycles. The molecule has 0 saturated heterocycles. The fourth-order valence-corrected chi connectivity index (χ4v) is 3.43. The van der Waals surface area contributed by atoms with Crippen LogP contribution in [0.2, 0.25) is 0 Å². The van der Waals surface area contributed by atoms with Crippen molar-refractivity contribution >= 4 is 27.2 Å². The van der Waals surface area contributed by atoms with E-state index >= 15 is 0 Å². The molecule has 0 radical (unpaired) electrons. The number of benzene rings is 1. The van der Waals surface area contributed by atoms with Crippen LogP contribution in [0.5, 0.6) is 0 Å². The van der Waals surface area contributed by atoms with Crippen molar-refractivity contribution in [3.63, 3.8) is 0 Å². The topological polar surface area (TPSA) is 63.4 Å². The second-order valence-corrected chi connectivity index (χ2v) is 7.10. The van der Waals surface area contributed by atoms with E-state index < -0.39 is 15.8 Å². The Hall–Kier alpha value is -1.05. The van der Waals surface area contributed by atoms with E-state index in [9.17, 15) is 12.8 Å². The number of hydrogen-bond donors (Lipinski definition) is 1. The van der Waals surface area contributed by atoms with E-state index in [2.05, 4.69) is 0 Å². The Morgan fingerprint density at radius 1 is 1.50 bits per heavy atom. The summed E-state index contributed by atoms with van der Waals surface area (Å²) in [6.45, 7) is 3.82. The van der Waals surface area contributed by atoms with E-state index in [0.717, 1.165) is 18.9 Å². The lowest BCUT2D eigenvalue weighted by Gasteiger charge is -2.24. The normalized spacial score (nSPS) is 13.4. The van der Waals surface area contributed by atoms with Gasteiger partial charge in [0.05, 0.1) is 4.90 Å². The zero-order valence-electron chi connectivity index (χ0n) is 11.8. The first-order valence-electron chi connectivity index (χ1n) is 6.29. The number of nitrogens with two attached hydrogens (primary N) is 1. The lowest BCUT2D eigenvalue weighted by molar-refractivity contribution is 0.368. The Bertz CT molecular complexity index is 602. The number of nitrogens with zero attached hydrogens (tertiary/aromatic N) is 1. The van der Waals surface area contributed by atoms with Gasteiger partial charge in [-0.15, -0.1) is 0 Å². The summed E-state index contributed by atoms with van der Waals surface area (Å²) in [5, 5.41) is 0. The molecule has 1 aromatic carbocycles. The van der Waals surface area contributed by atoms with E-state index in [1.54, 1.807) is 0 Å². The van der Waals surface area contributed by atoms with Crippen molar-refractivity contribution in [3.05, 3.63) is 29.6 Å². The summed E-state index contributed by atoms with van der Waals surface area (Å²) in [6, 6.07) is 3.34. The van der Waals surface area contributed by atoms with Crippen LogP contribution < -0.4 is 5.73 Å². The average molecular weight is 318 g/mol. The Morgan fingerprint density at radius 3 is 2.60 bits per heavy atom. The van der Waals surface area contributed by atoms with Gasteiger partial charge in [-0.05, 0) is 31.5 Å². The van der Waals surface area contributed by atoms with Crippen LogP contribution in [0.4, 0.5) is 4.39 Å². The minimum Gasteiger partial charge on any atom is -0.389 e. The summed E-state index contributed by atoms with van der Waals surface area (Å²) in [6.07, 6.45) is 1.63. The van der Waals surface area contributed by atoms with Crippen molar-refractivity contribution in [1.82, 2.24) is 4.31 Å². The summed E-state index contributed by atoms with van der Waals surface area (Å²) >= 11 is 4.72. The molecule has 0 saturated carbocycles. The van der Waals surface area contributed by atoms with Crippen LogP contribution in [0.25, 0.3) is 0 Å². The number of sulfonamides is 1. The number of halogens is 1. The highest BCUT2D eigenvalue weighted by atomic mass is 32.2. The largest absolute Gasteiger partial charge is 0.389 e. The van der Waals surface area contributed by atoms with Gasteiger partial charge in [0.25, 0.3) is 0 Å². The zero-order valence-corrected chi connectivity index (χ0v) is 13.4. The maximum atomic E-state index is 13.5. The third-order valence-electron chi connectivity index (χ3n) is 3.21. The van der Waals surface area contributed by atoms with Crippen LogP contribution in [-0.4, -0.2) is 30.8 Å². The minimum atomic E-state index is -3.68. The number of thiocarbonyl (C=S) groups is 1. The van der Waals surface area contributed by atoms with E-state index in [1.165, 1.54) is 23.5 Å². The van der Waals surface area contributed by atoms with Crippen LogP contribution in [-0.2, 0) is 10.0 Å². The first-order valence-corrected chi connectivity index (χ1v) is 8.14. The molecule has 0 spiro atoms. The Balaban J connectivity index is 3.22. The van der Waals surface area contributed by atoms with Gasteiger partial charge in [-0.2, -0.15) is 4.31 Å². The van der Waals surface area contributed by atoms with Gasteiger partial charge < -0.3 is 5.73 Å². The molecule has 2 N–H and O–H groups in total. The van der Waals surface area contributed by atoms with Gasteiger partial charge in [-0.3, -0.25) is 0 Å². The smallest absolute Gasteiger partial charge is 0.243 e. The van der Waals surface area contributed by atoms with Crippen molar-refractivity contribution in [2.75, 3.05) is 7.05 Å². The van der Waals surface area contributed by atoms with Crippen LogP contribution >= 0.6 is 12.2 Å². The summed E-state index contributed by atoms with van der Waals surface area (Å²) in [5.74, 6) is -0.624. The van der Waals surface area contributed by atoms with E-state index in [4.69, 9.17) is 18.0 Å². The molecule has 0 aliphatic rings. The monoisotopic (exact) mass is 318 g/mol. The number of hydrogen-bond acceptors (Lipinski definition) is 3. The molecule has 112 valence electrons. The molecule has 1 unspecified atom stereocenters. The molecule has 0 amide bonds. The van der Waals surface area contributed by atoms with Crippen molar-refractivity contribution in [3.8, 4) is 0 Å². The van der Waals surface area contributed by atoms with Gasteiger partial charge in [-0.1, -0.05) is 25.6 Å². The van der Waals surface area contributed by atoms with Gasteiger partial charge in [-0.25, -0.2) is 12.8 Å². The summed E-state index contributed by atoms with van der Waals surface area (Å²) < 4.78 is 39.7. The molecule has 1 rings (SSSR count). The van der Waals surface area contributed by atoms with Gasteiger partial charge in [0, 0.05) is 18.7 Å². The molecule has 20 heavy (non-hydrogen) atoms. The third-order valence-corrected chi connectivity index (χ3v) is 5.40. The highest BCUT2D eigenvalue weighted by Crippen LogP contribution is 2.21. The lowest BCUT2D eigenvalue weighted by Crippen LogP contribution is -2.35. The van der Waals surface area contributed by atoms with Crippen LogP contribution in [0.1, 0.15) is 32.3 Å². The second-order valence-electron chi connectivity index (χ2n) is 4.66. The van der Waals surface area contributed by atoms with Crippen molar-refractivity contribution in [2.24, 2.45) is 5.73 Å². The molecule has 0 aliphatic heterocycles. The van der Waals surface area contributed by atoms with Crippen LogP contribution in [0.3, 0.4) is 0 Å². The van der Waals surface area contributed by atoms with E-state index in [1.807, 2.05) is 13.8 Å². The Morgan fingerprint density at radius 2 is 2.10 bits per heavy atom. The Kier molecular flexibility index (Phi) is 5.61. The van der Waals surface area contributed by atoms with Gasteiger partial charge >= 0.3 is 0 Å². The maximum absolute atomic E-state index is 13.5. The van der Waals surface area contributed by atoms with E-state index in [0.29, 0.717) is 0 Å². The molecule has 0 bridgehead atoms. The fraction of sp³-hybridized carbons (Fsp3) is 0.462. The molecule has 4 nitrogen and oxygen atoms in total. The standard InChI is InChI=1S/C13H19FN2O2S2/c1-4-5-9(2)16(3)20(17,18)10-6-7-12(14)11(8-10)13(15)19/h6-9H,4-5H2,1-3H3,(H2,15,19). The lowest BCUT2D eigenvalue weighted by atomic mass is 10.2. The average Bonchev–Trinajstić information content (AvgIpc) is 2.37. The first kappa shape index (κ1) is 17.0. The highest BCUT2D eigenvalue weighted by Gasteiger charge is 2.25. The quantitative estimate of drug-likeness (QED) is 0.817. The molecule has 1 aromatic rings. The van der Waals surface area contributed by atoms with Crippen molar-refractivity contribution in [1.29, 1.82) is 0 Å². The highest BCUT2D eigenvalue weighted by molar-refractivity contribution is 7.89. The molecule has 7 heteroatoms. The van der Waals surface area contributed by atoms with Crippen molar-refractivity contribution in [2.45, 2.75) is 37.6 Å². The van der Waals surface area contributed by atoms with Gasteiger partial charge in [0.2, 0.25) is 10.0 Å². The third kappa shape index (κ3) is 3.53. The van der Waals surface area contributed by atoms with Gasteiger partial charge in [0.1, 0.15) is 10.8 Å². The summed E-state index contributed by atoms with van der Waals surface area (Å²) in [4.78, 5) is -0.170. The van der Waals surface area contributed by atoms with E-state index in [-0.39, 0.29) is 21.5 Å². The minimum absolute atomic E-state index is 0.00727. The zero-order chi connectivity index (χ0) is 15.5. The molecule has 0 aliphatic carbocycles. The van der Waals surface area contributed by atoms with Crippen LogP contribution in [0, 0.1) is 5.82 Å². The summed E-state index contributed by atoms with van der Waals surface area (Å²) in [7, 11) is -2.17. The predicted molar refractivity (Wildman–Crippen MR) is 81.6 cm³/mol. The second kappa shape index (κ2) is 6.60. The first-order chi connectivity index (χ1) is 9.21. The maximum Gasteiger partial charge on any atom is 0.243 e. The molecule has 0 aromatic heterocycles. The fourth-order valence-electron chi connectivity index (χ4n) is 1.86. The predicted octanol–water partition coefficient (Wildman–Crippen LogP) is 2.27. The number of rotatable bonds is 6. The molecular formula is C13H19FN2O2S2. The molecule has 0 fully saturated rings. The van der Waals surface area contributed by atoms with Crippen molar-refractivity contribution < 1.29 is 12.8 Å². The van der Waals surface area contributed by atoms with Gasteiger partial charge in [0.15, 0.2) is 0 Å². The summed E-state index contributed by atoms with van der Waals surface area (Å²) in [5.41, 5.74) is 5.34. The SMILES string of the molecule is CCCC(C)N(C)S(=O)(=O)c1ccc(F)c(C(N)=S)c1. The molecular weight excluding hydrogens is 299 g/mol. The van der Waals surface area contributed by atoms with Crippen LogP contribution in [0.15, 0.2) is 23.1 Å².